The Hall–Kier alpha value is -1.91. The maximum Gasteiger partial charge on any atom is 0.146 e. The average Bonchev–Trinajstić information content (AvgIpc) is 2.49. The summed E-state index contributed by atoms with van der Waals surface area (Å²) in [5.41, 5.74) is 1.78. The third kappa shape index (κ3) is 3.06. The van der Waals surface area contributed by atoms with Crippen molar-refractivity contribution in [1.29, 1.82) is 0 Å². The zero-order chi connectivity index (χ0) is 14.8. The minimum atomic E-state index is -0.502. The van der Waals surface area contributed by atoms with Crippen LogP contribution >= 0.6 is 15.9 Å². The average molecular weight is 344 g/mol. The number of benzene rings is 2. The van der Waals surface area contributed by atoms with E-state index in [1.54, 1.807) is 13.1 Å². The van der Waals surface area contributed by atoms with Gasteiger partial charge in [0.15, 0.2) is 0 Å². The number of nitrogens with zero attached hydrogens (tertiary/aromatic N) is 1. The molecule has 0 fully saturated rings. The third-order valence-electron chi connectivity index (χ3n) is 3.23. The number of aromatic nitrogens is 1. The maximum atomic E-state index is 9.58. The molecule has 0 aliphatic rings. The van der Waals surface area contributed by atoms with Crippen LogP contribution in [0.2, 0.25) is 0 Å². The van der Waals surface area contributed by atoms with E-state index in [0.29, 0.717) is 11.5 Å². The van der Waals surface area contributed by atoms with Crippen LogP contribution in [0.5, 0.6) is 11.5 Å². The predicted molar refractivity (Wildman–Crippen MR) is 86.6 cm³/mol. The quantitative estimate of drug-likeness (QED) is 0.739. The highest BCUT2D eigenvalue weighted by Gasteiger charge is 2.08. The van der Waals surface area contributed by atoms with Crippen LogP contribution in [0.4, 0.5) is 0 Å². The van der Waals surface area contributed by atoms with Crippen molar-refractivity contribution in [1.82, 2.24) is 4.98 Å². The van der Waals surface area contributed by atoms with E-state index in [9.17, 15) is 5.11 Å². The molecule has 1 atom stereocenters. The van der Waals surface area contributed by atoms with E-state index in [2.05, 4.69) is 20.9 Å². The van der Waals surface area contributed by atoms with Crippen molar-refractivity contribution in [2.75, 3.05) is 0 Å². The number of hydrogen-bond donors (Lipinski definition) is 1. The minimum absolute atomic E-state index is 0.502. The minimum Gasteiger partial charge on any atom is -0.455 e. The highest BCUT2D eigenvalue weighted by molar-refractivity contribution is 9.10. The van der Waals surface area contributed by atoms with E-state index in [1.165, 1.54) is 0 Å². The summed E-state index contributed by atoms with van der Waals surface area (Å²) >= 11 is 3.47. The first-order valence-corrected chi connectivity index (χ1v) is 7.43. The smallest absolute Gasteiger partial charge is 0.146 e. The van der Waals surface area contributed by atoms with Gasteiger partial charge in [-0.25, -0.2) is 0 Å². The van der Waals surface area contributed by atoms with Crippen molar-refractivity contribution in [2.45, 2.75) is 13.0 Å². The van der Waals surface area contributed by atoms with Crippen LogP contribution in [-0.4, -0.2) is 10.1 Å². The lowest BCUT2D eigenvalue weighted by atomic mass is 10.1. The van der Waals surface area contributed by atoms with Crippen molar-refractivity contribution < 1.29 is 9.84 Å². The van der Waals surface area contributed by atoms with E-state index < -0.39 is 6.10 Å². The van der Waals surface area contributed by atoms with Gasteiger partial charge in [0.1, 0.15) is 11.5 Å². The van der Waals surface area contributed by atoms with Crippen molar-refractivity contribution in [3.63, 3.8) is 0 Å². The van der Waals surface area contributed by atoms with Crippen LogP contribution < -0.4 is 4.74 Å². The maximum absolute atomic E-state index is 9.58. The first-order chi connectivity index (χ1) is 10.1. The summed E-state index contributed by atoms with van der Waals surface area (Å²) in [5.74, 6) is 1.37. The van der Waals surface area contributed by atoms with E-state index in [-0.39, 0.29) is 0 Å². The number of pyridine rings is 1. The standard InChI is InChI=1S/C17H14BrNO2/c1-11(20)12-6-7-17(15(18)9-12)21-14-8-13-4-2-3-5-16(13)19-10-14/h2-11,20H,1H3. The summed E-state index contributed by atoms with van der Waals surface area (Å²) in [6.07, 6.45) is 1.20. The molecule has 0 radical (unpaired) electrons. The number of aliphatic hydroxyl groups excluding tert-OH is 1. The summed E-state index contributed by atoms with van der Waals surface area (Å²) in [6, 6.07) is 15.4. The number of rotatable bonds is 3. The highest BCUT2D eigenvalue weighted by Crippen LogP contribution is 2.32. The highest BCUT2D eigenvalue weighted by atomic mass is 79.9. The molecule has 0 aliphatic heterocycles. The number of fused-ring (bicyclic) bond motifs is 1. The van der Waals surface area contributed by atoms with Gasteiger partial charge in [-0.15, -0.1) is 0 Å². The molecule has 2 aromatic carbocycles. The summed E-state index contributed by atoms with van der Waals surface area (Å²) in [7, 11) is 0. The monoisotopic (exact) mass is 343 g/mol. The third-order valence-corrected chi connectivity index (χ3v) is 3.85. The molecule has 1 heterocycles. The molecule has 0 spiro atoms. The second-order valence-electron chi connectivity index (χ2n) is 4.83. The summed E-state index contributed by atoms with van der Waals surface area (Å²) in [5, 5.41) is 10.6. The Labute approximate surface area is 131 Å². The van der Waals surface area contributed by atoms with Gasteiger partial charge in [0, 0.05) is 5.39 Å². The van der Waals surface area contributed by atoms with Gasteiger partial charge in [-0.05, 0) is 52.7 Å². The van der Waals surface area contributed by atoms with Gasteiger partial charge in [-0.1, -0.05) is 24.3 Å². The van der Waals surface area contributed by atoms with Gasteiger partial charge in [0.25, 0.3) is 0 Å². The fraction of sp³-hybridized carbons (Fsp3) is 0.118. The Morgan fingerprint density at radius 1 is 1.14 bits per heavy atom. The lowest BCUT2D eigenvalue weighted by Crippen LogP contribution is -1.93. The van der Waals surface area contributed by atoms with E-state index in [1.807, 2.05) is 48.5 Å². The van der Waals surface area contributed by atoms with Crippen molar-refractivity contribution in [3.05, 3.63) is 64.8 Å². The van der Waals surface area contributed by atoms with Crippen molar-refractivity contribution in [3.8, 4) is 11.5 Å². The fourth-order valence-electron chi connectivity index (χ4n) is 2.09. The Kier molecular flexibility index (Phi) is 3.90. The molecule has 3 rings (SSSR count). The van der Waals surface area contributed by atoms with E-state index >= 15 is 0 Å². The second kappa shape index (κ2) is 5.84. The normalized spacial score (nSPS) is 12.3. The first-order valence-electron chi connectivity index (χ1n) is 6.63. The van der Waals surface area contributed by atoms with Gasteiger partial charge in [0.2, 0.25) is 0 Å². The molecule has 4 heteroatoms. The largest absolute Gasteiger partial charge is 0.455 e. The topological polar surface area (TPSA) is 42.4 Å². The van der Waals surface area contributed by atoms with Crippen LogP contribution in [0.1, 0.15) is 18.6 Å². The second-order valence-corrected chi connectivity index (χ2v) is 5.69. The SMILES string of the molecule is CC(O)c1ccc(Oc2cnc3ccccc3c2)c(Br)c1. The molecule has 21 heavy (non-hydrogen) atoms. The fourth-order valence-corrected chi connectivity index (χ4v) is 2.57. The Morgan fingerprint density at radius 3 is 2.71 bits per heavy atom. The zero-order valence-corrected chi connectivity index (χ0v) is 13.0. The molecule has 106 valence electrons. The van der Waals surface area contributed by atoms with Crippen LogP contribution in [0.15, 0.2) is 59.2 Å². The van der Waals surface area contributed by atoms with E-state index in [0.717, 1.165) is 20.9 Å². The first kappa shape index (κ1) is 14.0. The molecular formula is C17H14BrNO2. The molecule has 1 unspecified atom stereocenters. The summed E-state index contributed by atoms with van der Waals surface area (Å²) in [4.78, 5) is 4.37. The van der Waals surface area contributed by atoms with Crippen molar-refractivity contribution in [2.24, 2.45) is 0 Å². The molecule has 0 amide bonds. The van der Waals surface area contributed by atoms with Crippen LogP contribution in [0.3, 0.4) is 0 Å². The zero-order valence-electron chi connectivity index (χ0n) is 11.5. The van der Waals surface area contributed by atoms with Crippen LogP contribution in [-0.2, 0) is 0 Å². The van der Waals surface area contributed by atoms with Crippen LogP contribution in [0, 0.1) is 0 Å². The lowest BCUT2D eigenvalue weighted by molar-refractivity contribution is 0.199. The van der Waals surface area contributed by atoms with Crippen molar-refractivity contribution >= 4 is 26.8 Å². The van der Waals surface area contributed by atoms with Gasteiger partial charge < -0.3 is 9.84 Å². The number of halogens is 1. The number of hydrogen-bond acceptors (Lipinski definition) is 3. The molecule has 3 nitrogen and oxygen atoms in total. The lowest BCUT2D eigenvalue weighted by Gasteiger charge is -2.11. The van der Waals surface area contributed by atoms with Gasteiger partial charge in [0.05, 0.1) is 22.3 Å². The number of ether oxygens (including phenoxy) is 1. The van der Waals surface area contributed by atoms with Gasteiger partial charge in [-0.2, -0.15) is 0 Å². The van der Waals surface area contributed by atoms with Crippen LogP contribution in [0.25, 0.3) is 10.9 Å². The van der Waals surface area contributed by atoms with Gasteiger partial charge >= 0.3 is 0 Å². The molecule has 1 aromatic heterocycles. The Morgan fingerprint density at radius 2 is 1.95 bits per heavy atom. The number of para-hydroxylation sites is 1. The molecule has 1 N–H and O–H groups in total. The Balaban J connectivity index is 1.91. The van der Waals surface area contributed by atoms with Gasteiger partial charge in [-0.3, -0.25) is 4.98 Å². The molecular weight excluding hydrogens is 330 g/mol. The molecule has 3 aromatic rings. The van der Waals surface area contributed by atoms with E-state index in [4.69, 9.17) is 4.74 Å². The molecule has 0 bridgehead atoms. The molecule has 0 saturated carbocycles. The summed E-state index contributed by atoms with van der Waals surface area (Å²) < 4.78 is 6.66. The molecule has 0 aliphatic carbocycles. The Bertz CT molecular complexity index is 787. The predicted octanol–water partition coefficient (Wildman–Crippen LogP) is 4.84. The number of aliphatic hydroxyl groups is 1. The molecule has 0 saturated heterocycles. The summed E-state index contributed by atoms with van der Waals surface area (Å²) in [6.45, 7) is 1.73.